The molecule has 0 bridgehead atoms. The van der Waals surface area contributed by atoms with E-state index in [0.717, 1.165) is 23.1 Å². The molecule has 1 unspecified atom stereocenters. The van der Waals surface area contributed by atoms with Gasteiger partial charge in [-0.1, -0.05) is 44.7 Å². The van der Waals surface area contributed by atoms with E-state index in [1.165, 1.54) is 17.0 Å². The number of hydrogen-bond acceptors (Lipinski definition) is 4. The van der Waals surface area contributed by atoms with Crippen molar-refractivity contribution in [1.82, 2.24) is 15.5 Å². The highest BCUT2D eigenvalue weighted by atomic mass is 19.3. The van der Waals surface area contributed by atoms with Crippen LogP contribution in [0.1, 0.15) is 64.9 Å². The zero-order valence-electron chi connectivity index (χ0n) is 20.8. The minimum Gasteiger partial charge on any atom is -0.380 e. The van der Waals surface area contributed by atoms with Crippen LogP contribution in [-0.2, 0) is 35.0 Å². The van der Waals surface area contributed by atoms with Crippen molar-refractivity contribution in [2.75, 3.05) is 0 Å². The molecule has 6 nitrogen and oxygen atoms in total. The van der Waals surface area contributed by atoms with Gasteiger partial charge in [-0.25, -0.2) is 0 Å². The number of nitrogens with zero attached hydrogens (tertiary/aromatic N) is 1. The average molecular weight is 496 g/mol. The molecule has 0 spiro atoms. The number of alkyl halides is 2. The van der Waals surface area contributed by atoms with Crippen LogP contribution in [0.2, 0.25) is 0 Å². The highest BCUT2D eigenvalue weighted by Crippen LogP contribution is 2.35. The number of allylic oxidation sites excluding steroid dienone is 1. The largest absolute Gasteiger partial charge is 0.380 e. The molecule has 190 valence electrons. The van der Waals surface area contributed by atoms with E-state index in [2.05, 4.69) is 31.1 Å². The number of halogens is 2. The molecule has 2 aliphatic rings. The molecule has 1 saturated heterocycles. The second kappa shape index (κ2) is 9.84. The molecular formula is C28H31F2N3O3. The van der Waals surface area contributed by atoms with Gasteiger partial charge in [0.05, 0.1) is 5.70 Å². The fourth-order valence-electron chi connectivity index (χ4n) is 4.79. The third-order valence-corrected chi connectivity index (χ3v) is 6.81. The molecule has 0 radical (unpaired) electrons. The Balaban J connectivity index is 1.42. The van der Waals surface area contributed by atoms with E-state index in [1.807, 2.05) is 6.92 Å². The van der Waals surface area contributed by atoms with Crippen LogP contribution in [-0.4, -0.2) is 28.7 Å². The SMILES string of the molecule is C=C(NCc1ccc2c(c1)CN(C1CCC(=O)NC1=O)C2=O)C(F)(F)c1ccc(CC(C)C)c(C)c1. The van der Waals surface area contributed by atoms with Crippen LogP contribution in [0, 0.1) is 12.8 Å². The fraction of sp³-hybridized carbons (Fsp3) is 0.393. The van der Waals surface area contributed by atoms with Gasteiger partial charge in [0.25, 0.3) is 5.91 Å². The lowest BCUT2D eigenvalue weighted by molar-refractivity contribution is -0.136. The summed E-state index contributed by atoms with van der Waals surface area (Å²) >= 11 is 0. The first-order chi connectivity index (χ1) is 17.0. The zero-order valence-corrected chi connectivity index (χ0v) is 20.8. The quantitative estimate of drug-likeness (QED) is 0.534. The summed E-state index contributed by atoms with van der Waals surface area (Å²) in [6, 6.07) is 9.18. The lowest BCUT2D eigenvalue weighted by atomic mass is 9.94. The van der Waals surface area contributed by atoms with Crippen molar-refractivity contribution in [3.63, 3.8) is 0 Å². The van der Waals surface area contributed by atoms with Crippen LogP contribution in [0.5, 0.6) is 0 Å². The predicted molar refractivity (Wildman–Crippen MR) is 132 cm³/mol. The predicted octanol–water partition coefficient (Wildman–Crippen LogP) is 4.35. The van der Waals surface area contributed by atoms with Gasteiger partial charge in [-0.05, 0) is 60.1 Å². The number of amides is 3. The number of benzene rings is 2. The summed E-state index contributed by atoms with van der Waals surface area (Å²) in [6.07, 6.45) is 1.30. The number of aryl methyl sites for hydroxylation is 1. The molecule has 4 rings (SSSR count). The van der Waals surface area contributed by atoms with Crippen molar-refractivity contribution >= 4 is 17.7 Å². The van der Waals surface area contributed by atoms with Crippen molar-refractivity contribution < 1.29 is 23.2 Å². The molecule has 0 aliphatic carbocycles. The van der Waals surface area contributed by atoms with Crippen LogP contribution < -0.4 is 10.6 Å². The lowest BCUT2D eigenvalue weighted by Crippen LogP contribution is -2.52. The molecule has 2 aromatic carbocycles. The molecule has 2 aromatic rings. The van der Waals surface area contributed by atoms with Crippen molar-refractivity contribution in [3.05, 3.63) is 82.1 Å². The fourth-order valence-corrected chi connectivity index (χ4v) is 4.79. The van der Waals surface area contributed by atoms with Crippen molar-refractivity contribution in [1.29, 1.82) is 0 Å². The first-order valence-electron chi connectivity index (χ1n) is 12.1. The number of carbonyl (C=O) groups is 3. The van der Waals surface area contributed by atoms with E-state index < -0.39 is 23.6 Å². The number of fused-ring (bicyclic) bond motifs is 1. The zero-order chi connectivity index (χ0) is 26.2. The van der Waals surface area contributed by atoms with Crippen LogP contribution in [0.3, 0.4) is 0 Å². The Morgan fingerprint density at radius 1 is 1.19 bits per heavy atom. The van der Waals surface area contributed by atoms with Gasteiger partial charge in [-0.15, -0.1) is 0 Å². The highest BCUT2D eigenvalue weighted by Gasteiger charge is 2.39. The average Bonchev–Trinajstić information content (AvgIpc) is 3.13. The van der Waals surface area contributed by atoms with E-state index in [-0.39, 0.29) is 43.3 Å². The maximum absolute atomic E-state index is 15.1. The minimum absolute atomic E-state index is 0.107. The molecule has 2 N–H and O–H groups in total. The topological polar surface area (TPSA) is 78.5 Å². The summed E-state index contributed by atoms with van der Waals surface area (Å²) in [5, 5.41) is 5.03. The first-order valence-corrected chi connectivity index (χ1v) is 12.1. The molecule has 8 heteroatoms. The third kappa shape index (κ3) is 5.03. The molecule has 3 amide bonds. The van der Waals surface area contributed by atoms with E-state index in [1.54, 1.807) is 24.3 Å². The Bertz CT molecular complexity index is 1240. The Kier molecular flexibility index (Phi) is 6.98. The van der Waals surface area contributed by atoms with Crippen molar-refractivity contribution in [2.45, 2.75) is 65.1 Å². The second-order valence-electron chi connectivity index (χ2n) is 10.0. The first kappa shape index (κ1) is 25.5. The van der Waals surface area contributed by atoms with E-state index in [0.29, 0.717) is 17.0 Å². The summed E-state index contributed by atoms with van der Waals surface area (Å²) in [7, 11) is 0. The van der Waals surface area contributed by atoms with Crippen molar-refractivity contribution in [2.24, 2.45) is 5.92 Å². The van der Waals surface area contributed by atoms with Crippen molar-refractivity contribution in [3.8, 4) is 0 Å². The van der Waals surface area contributed by atoms with Crippen LogP contribution in [0.15, 0.2) is 48.7 Å². The van der Waals surface area contributed by atoms with Gasteiger partial charge in [0.2, 0.25) is 11.8 Å². The Labute approximate surface area is 209 Å². The lowest BCUT2D eigenvalue weighted by Gasteiger charge is -2.29. The summed E-state index contributed by atoms with van der Waals surface area (Å²) in [5.41, 5.74) is 3.29. The van der Waals surface area contributed by atoms with Gasteiger partial charge < -0.3 is 10.2 Å². The molecular weight excluding hydrogens is 464 g/mol. The van der Waals surface area contributed by atoms with E-state index >= 15 is 8.78 Å². The number of rotatable bonds is 8. The number of nitrogens with one attached hydrogen (secondary N) is 2. The van der Waals surface area contributed by atoms with Gasteiger partial charge >= 0.3 is 5.92 Å². The van der Waals surface area contributed by atoms with Crippen LogP contribution in [0.4, 0.5) is 8.78 Å². The maximum Gasteiger partial charge on any atom is 0.311 e. The molecule has 1 fully saturated rings. The van der Waals surface area contributed by atoms with Gasteiger partial charge in [0, 0.05) is 30.6 Å². The summed E-state index contributed by atoms with van der Waals surface area (Å²) in [5.74, 6) is -3.90. The molecule has 36 heavy (non-hydrogen) atoms. The van der Waals surface area contributed by atoms with Gasteiger partial charge in [0.15, 0.2) is 0 Å². The highest BCUT2D eigenvalue weighted by molar-refractivity contribution is 6.05. The Hall–Kier alpha value is -3.55. The molecule has 0 aromatic heterocycles. The van der Waals surface area contributed by atoms with Crippen LogP contribution >= 0.6 is 0 Å². The normalized spacial score (nSPS) is 17.9. The standard InChI is InChI=1S/C28H31F2N3O3/c1-16(2)11-20-6-7-22(12-17(20)3)28(29,30)18(4)31-14-19-5-8-23-21(13-19)15-33(27(23)36)24-9-10-25(34)32-26(24)35/h5-8,12-13,16,24,31H,4,9-11,14-15H2,1-3H3,(H,32,34,35). The second-order valence-corrected chi connectivity index (χ2v) is 10.0. The monoisotopic (exact) mass is 495 g/mol. The Morgan fingerprint density at radius 3 is 2.61 bits per heavy atom. The molecule has 2 aliphatic heterocycles. The van der Waals surface area contributed by atoms with E-state index in [4.69, 9.17) is 0 Å². The number of carbonyl (C=O) groups excluding carboxylic acids is 3. The minimum atomic E-state index is -3.25. The molecule has 2 heterocycles. The molecule has 0 saturated carbocycles. The number of imide groups is 1. The number of piperidine rings is 1. The smallest absolute Gasteiger partial charge is 0.311 e. The third-order valence-electron chi connectivity index (χ3n) is 6.81. The summed E-state index contributed by atoms with van der Waals surface area (Å²) in [4.78, 5) is 37.9. The number of hydrogen-bond donors (Lipinski definition) is 2. The van der Waals surface area contributed by atoms with Crippen LogP contribution in [0.25, 0.3) is 0 Å². The van der Waals surface area contributed by atoms with Gasteiger partial charge in [0.1, 0.15) is 6.04 Å². The van der Waals surface area contributed by atoms with E-state index in [9.17, 15) is 14.4 Å². The summed E-state index contributed by atoms with van der Waals surface area (Å²) in [6.45, 7) is 9.96. The Morgan fingerprint density at radius 2 is 1.94 bits per heavy atom. The van der Waals surface area contributed by atoms with Gasteiger partial charge in [-0.3, -0.25) is 19.7 Å². The summed E-state index contributed by atoms with van der Waals surface area (Å²) < 4.78 is 30.3. The maximum atomic E-state index is 15.1. The van der Waals surface area contributed by atoms with Gasteiger partial charge in [-0.2, -0.15) is 8.78 Å². The molecule has 1 atom stereocenters.